The van der Waals surface area contributed by atoms with Crippen LogP contribution in [-0.2, 0) is 0 Å². The predicted octanol–water partition coefficient (Wildman–Crippen LogP) is 2.47. The lowest BCUT2D eigenvalue weighted by Gasteiger charge is -2.02. The van der Waals surface area contributed by atoms with E-state index in [-0.39, 0.29) is 0 Å². The zero-order valence-corrected chi connectivity index (χ0v) is 7.44. The summed E-state index contributed by atoms with van der Waals surface area (Å²) in [7, 11) is 0. The van der Waals surface area contributed by atoms with E-state index >= 15 is 0 Å². The fourth-order valence-corrected chi connectivity index (χ4v) is 1.26. The molecule has 0 aliphatic heterocycles. The summed E-state index contributed by atoms with van der Waals surface area (Å²) < 4.78 is 13.4. The number of hydrogen-bond acceptors (Lipinski definition) is 2. The zero-order valence-electron chi connectivity index (χ0n) is 7.44. The second-order valence-corrected chi connectivity index (χ2v) is 2.97. The van der Waals surface area contributed by atoms with E-state index in [4.69, 9.17) is 5.73 Å². The van der Waals surface area contributed by atoms with Crippen LogP contribution >= 0.6 is 0 Å². The summed E-state index contributed by atoms with van der Waals surface area (Å²) in [6.45, 7) is 0. The number of nitrogen functional groups attached to an aromatic ring is 1. The molecular formula is C11H9FN2. The monoisotopic (exact) mass is 188 g/mol. The van der Waals surface area contributed by atoms with Crippen LogP contribution in [0, 0.1) is 5.82 Å². The molecule has 0 bridgehead atoms. The summed E-state index contributed by atoms with van der Waals surface area (Å²) in [6, 6.07) is 10.4. The molecule has 0 saturated heterocycles. The standard InChI is InChI=1S/C11H9FN2/c12-10-6-9(13)7-14-11(10)8-4-2-1-3-5-8/h1-7H,13H2. The van der Waals surface area contributed by atoms with E-state index in [1.807, 2.05) is 30.3 Å². The van der Waals surface area contributed by atoms with Crippen LogP contribution in [0.5, 0.6) is 0 Å². The number of pyridine rings is 1. The van der Waals surface area contributed by atoms with Gasteiger partial charge >= 0.3 is 0 Å². The van der Waals surface area contributed by atoms with Gasteiger partial charge in [0.2, 0.25) is 0 Å². The van der Waals surface area contributed by atoms with E-state index in [9.17, 15) is 4.39 Å². The fraction of sp³-hybridized carbons (Fsp3) is 0. The van der Waals surface area contributed by atoms with Crippen LogP contribution in [0.4, 0.5) is 10.1 Å². The first-order chi connectivity index (χ1) is 6.77. The lowest BCUT2D eigenvalue weighted by Crippen LogP contribution is -1.92. The number of anilines is 1. The van der Waals surface area contributed by atoms with Crippen LogP contribution in [-0.4, -0.2) is 4.98 Å². The Morgan fingerprint density at radius 3 is 2.50 bits per heavy atom. The van der Waals surface area contributed by atoms with Crippen molar-refractivity contribution in [2.75, 3.05) is 5.73 Å². The van der Waals surface area contributed by atoms with Gasteiger partial charge in [0.25, 0.3) is 0 Å². The van der Waals surface area contributed by atoms with Crippen LogP contribution in [0.3, 0.4) is 0 Å². The van der Waals surface area contributed by atoms with Crippen molar-refractivity contribution in [1.82, 2.24) is 4.98 Å². The number of rotatable bonds is 1. The third-order valence-electron chi connectivity index (χ3n) is 1.91. The molecule has 1 aromatic carbocycles. The van der Waals surface area contributed by atoms with Crippen molar-refractivity contribution < 1.29 is 4.39 Å². The Kier molecular flexibility index (Phi) is 2.14. The Morgan fingerprint density at radius 1 is 1.14 bits per heavy atom. The normalized spacial score (nSPS) is 10.1. The summed E-state index contributed by atoms with van der Waals surface area (Å²) in [6.07, 6.45) is 1.45. The summed E-state index contributed by atoms with van der Waals surface area (Å²) in [5.41, 5.74) is 6.83. The van der Waals surface area contributed by atoms with E-state index in [1.54, 1.807) is 0 Å². The average molecular weight is 188 g/mol. The van der Waals surface area contributed by atoms with Crippen molar-refractivity contribution in [2.24, 2.45) is 0 Å². The molecule has 14 heavy (non-hydrogen) atoms. The second kappa shape index (κ2) is 3.46. The molecule has 0 aliphatic carbocycles. The molecule has 1 aromatic heterocycles. The third kappa shape index (κ3) is 1.57. The van der Waals surface area contributed by atoms with Crippen LogP contribution in [0.15, 0.2) is 42.6 Å². The molecule has 70 valence electrons. The molecule has 2 aromatic rings. The van der Waals surface area contributed by atoms with Gasteiger partial charge < -0.3 is 5.73 Å². The van der Waals surface area contributed by atoms with Gasteiger partial charge in [-0.05, 0) is 0 Å². The minimum Gasteiger partial charge on any atom is -0.397 e. The molecule has 3 heteroatoms. The highest BCUT2D eigenvalue weighted by Gasteiger charge is 2.05. The number of hydrogen-bond donors (Lipinski definition) is 1. The largest absolute Gasteiger partial charge is 0.397 e. The molecule has 0 radical (unpaired) electrons. The number of aromatic nitrogens is 1. The van der Waals surface area contributed by atoms with Crippen molar-refractivity contribution in [3.05, 3.63) is 48.4 Å². The molecule has 2 nitrogen and oxygen atoms in total. The molecular weight excluding hydrogens is 179 g/mol. The summed E-state index contributed by atoms with van der Waals surface area (Å²) >= 11 is 0. The van der Waals surface area contributed by atoms with Gasteiger partial charge in [0.15, 0.2) is 5.82 Å². The van der Waals surface area contributed by atoms with Crippen molar-refractivity contribution in [3.8, 4) is 11.3 Å². The van der Waals surface area contributed by atoms with E-state index < -0.39 is 5.82 Å². The van der Waals surface area contributed by atoms with E-state index in [2.05, 4.69) is 4.98 Å². The van der Waals surface area contributed by atoms with E-state index in [0.717, 1.165) is 5.56 Å². The third-order valence-corrected chi connectivity index (χ3v) is 1.91. The zero-order chi connectivity index (χ0) is 9.97. The summed E-state index contributed by atoms with van der Waals surface area (Å²) in [5, 5.41) is 0. The maximum Gasteiger partial charge on any atom is 0.151 e. The van der Waals surface area contributed by atoms with Crippen LogP contribution < -0.4 is 5.73 Å². The molecule has 0 aliphatic rings. The summed E-state index contributed by atoms with van der Waals surface area (Å²) in [5.74, 6) is -0.392. The van der Waals surface area contributed by atoms with Gasteiger partial charge in [0.05, 0.1) is 11.9 Å². The van der Waals surface area contributed by atoms with Crippen molar-refractivity contribution in [3.63, 3.8) is 0 Å². The molecule has 0 unspecified atom stereocenters. The van der Waals surface area contributed by atoms with Crippen LogP contribution in [0.25, 0.3) is 11.3 Å². The fourth-order valence-electron chi connectivity index (χ4n) is 1.26. The van der Waals surface area contributed by atoms with Crippen LogP contribution in [0.1, 0.15) is 0 Å². The first-order valence-electron chi connectivity index (χ1n) is 4.24. The van der Waals surface area contributed by atoms with Gasteiger partial charge in [0.1, 0.15) is 5.69 Å². The van der Waals surface area contributed by atoms with Crippen LogP contribution in [0.2, 0.25) is 0 Å². The maximum atomic E-state index is 13.4. The minimum absolute atomic E-state index is 0.333. The molecule has 0 atom stereocenters. The van der Waals surface area contributed by atoms with Gasteiger partial charge in [0, 0.05) is 11.6 Å². The molecule has 2 N–H and O–H groups in total. The molecule has 0 spiro atoms. The van der Waals surface area contributed by atoms with Gasteiger partial charge in [-0.3, -0.25) is 4.98 Å². The highest BCUT2D eigenvalue weighted by atomic mass is 19.1. The lowest BCUT2D eigenvalue weighted by molar-refractivity contribution is 0.626. The van der Waals surface area contributed by atoms with Crippen molar-refractivity contribution >= 4 is 5.69 Å². The number of halogens is 1. The first kappa shape index (κ1) is 8.69. The maximum absolute atomic E-state index is 13.4. The lowest BCUT2D eigenvalue weighted by atomic mass is 10.1. The van der Waals surface area contributed by atoms with Gasteiger partial charge in [-0.15, -0.1) is 0 Å². The first-order valence-corrected chi connectivity index (χ1v) is 4.24. The SMILES string of the molecule is Nc1cnc(-c2ccccc2)c(F)c1. The predicted molar refractivity (Wildman–Crippen MR) is 54.0 cm³/mol. The Hall–Kier alpha value is -1.90. The second-order valence-electron chi connectivity index (χ2n) is 2.97. The van der Waals surface area contributed by atoms with Crippen molar-refractivity contribution in [1.29, 1.82) is 0 Å². The Balaban J connectivity index is 2.53. The molecule has 0 amide bonds. The van der Waals surface area contributed by atoms with Crippen molar-refractivity contribution in [2.45, 2.75) is 0 Å². The quantitative estimate of drug-likeness (QED) is 0.746. The van der Waals surface area contributed by atoms with E-state index in [1.165, 1.54) is 12.3 Å². The highest BCUT2D eigenvalue weighted by Crippen LogP contribution is 2.20. The molecule has 2 rings (SSSR count). The number of nitrogens with two attached hydrogens (primary N) is 1. The minimum atomic E-state index is -0.392. The molecule has 0 fully saturated rings. The summed E-state index contributed by atoms with van der Waals surface area (Å²) in [4.78, 5) is 3.95. The number of benzene rings is 1. The smallest absolute Gasteiger partial charge is 0.151 e. The molecule has 1 heterocycles. The Labute approximate surface area is 81.2 Å². The highest BCUT2D eigenvalue weighted by molar-refractivity contribution is 5.61. The Bertz CT molecular complexity index is 440. The Morgan fingerprint density at radius 2 is 1.86 bits per heavy atom. The van der Waals surface area contributed by atoms with E-state index in [0.29, 0.717) is 11.4 Å². The molecule has 0 saturated carbocycles. The number of nitrogens with zero attached hydrogens (tertiary/aromatic N) is 1. The van der Waals surface area contributed by atoms with Gasteiger partial charge in [-0.2, -0.15) is 0 Å². The topological polar surface area (TPSA) is 38.9 Å². The van der Waals surface area contributed by atoms with Gasteiger partial charge in [-0.25, -0.2) is 4.39 Å². The average Bonchev–Trinajstić information content (AvgIpc) is 2.19. The van der Waals surface area contributed by atoms with Gasteiger partial charge in [-0.1, -0.05) is 30.3 Å².